The molecule has 8 heteroatoms. The summed E-state index contributed by atoms with van der Waals surface area (Å²) in [6, 6.07) is 19.3. The van der Waals surface area contributed by atoms with Crippen LogP contribution < -0.4 is 15.4 Å². The van der Waals surface area contributed by atoms with E-state index < -0.39 is 0 Å². The molecule has 1 atom stereocenters. The molecule has 0 aliphatic heterocycles. The minimum absolute atomic E-state index is 0.154. The predicted molar refractivity (Wildman–Crippen MR) is 133 cm³/mol. The number of para-hydroxylation sites is 1. The van der Waals surface area contributed by atoms with Gasteiger partial charge >= 0.3 is 0 Å². The summed E-state index contributed by atoms with van der Waals surface area (Å²) in [4.78, 5) is 4.73. The Labute approximate surface area is 200 Å². The predicted octanol–water partition coefficient (Wildman–Crippen LogP) is 5.79. The molecule has 2 heterocycles. The number of nitrogens with one attached hydrogen (secondary N) is 2. The first-order valence-electron chi connectivity index (χ1n) is 10.2. The Hall–Kier alpha value is -3.03. The highest BCUT2D eigenvalue weighted by molar-refractivity contribution is 9.10. The Balaban J connectivity index is 1.42. The average Bonchev–Trinajstić information content (AvgIpc) is 3.18. The van der Waals surface area contributed by atoms with Crippen LogP contribution in [0.2, 0.25) is 5.02 Å². The zero-order valence-electron chi connectivity index (χ0n) is 17.6. The molecule has 0 aliphatic carbocycles. The number of hydrogen-bond donors (Lipinski definition) is 2. The van der Waals surface area contributed by atoms with Crippen LogP contribution in [0.15, 0.2) is 83.6 Å². The molecule has 164 valence electrons. The topological polar surface area (TPSA) is 63.5 Å². The molecule has 0 bridgehead atoms. The smallest absolute Gasteiger partial charge is 0.172 e. The van der Waals surface area contributed by atoms with Gasteiger partial charge in [-0.3, -0.25) is 0 Å². The van der Waals surface area contributed by atoms with Gasteiger partial charge in [0, 0.05) is 35.4 Å². The van der Waals surface area contributed by atoms with Crippen molar-refractivity contribution < 1.29 is 4.74 Å². The van der Waals surface area contributed by atoms with Crippen LogP contribution >= 0.6 is 27.5 Å². The first kappa shape index (κ1) is 22.2. The van der Waals surface area contributed by atoms with Gasteiger partial charge in [-0.1, -0.05) is 54.6 Å². The summed E-state index contributed by atoms with van der Waals surface area (Å²) in [5.74, 6) is 1.63. The van der Waals surface area contributed by atoms with Gasteiger partial charge in [0.2, 0.25) is 0 Å². The maximum Gasteiger partial charge on any atom is 0.172 e. The third kappa shape index (κ3) is 5.06. The van der Waals surface area contributed by atoms with Crippen LogP contribution in [0.3, 0.4) is 0 Å². The van der Waals surface area contributed by atoms with Crippen molar-refractivity contribution in [2.24, 2.45) is 0 Å². The maximum absolute atomic E-state index is 6.40. The first-order valence-corrected chi connectivity index (χ1v) is 11.4. The van der Waals surface area contributed by atoms with Crippen molar-refractivity contribution in [3.8, 4) is 17.0 Å². The SMILES string of the molecule is C=C(NCCNc1cc(-c2ccccc2Cl)nc2c(Br)cnn12)C(C)Oc1ccccc1. The molecule has 4 aromatic rings. The van der Waals surface area contributed by atoms with Crippen LogP contribution in [0.25, 0.3) is 16.9 Å². The summed E-state index contributed by atoms with van der Waals surface area (Å²) >= 11 is 9.92. The minimum atomic E-state index is -0.154. The van der Waals surface area contributed by atoms with E-state index in [0.717, 1.165) is 33.0 Å². The van der Waals surface area contributed by atoms with Gasteiger partial charge in [-0.05, 0) is 41.1 Å². The summed E-state index contributed by atoms with van der Waals surface area (Å²) in [6.45, 7) is 7.38. The molecule has 32 heavy (non-hydrogen) atoms. The number of benzene rings is 2. The highest BCUT2D eigenvalue weighted by atomic mass is 79.9. The molecule has 0 saturated carbocycles. The van der Waals surface area contributed by atoms with E-state index in [1.165, 1.54) is 0 Å². The second kappa shape index (κ2) is 10.1. The van der Waals surface area contributed by atoms with Crippen LogP contribution in [0.5, 0.6) is 5.75 Å². The Morgan fingerprint density at radius 1 is 1.16 bits per heavy atom. The zero-order chi connectivity index (χ0) is 22.5. The van der Waals surface area contributed by atoms with E-state index in [0.29, 0.717) is 23.8 Å². The lowest BCUT2D eigenvalue weighted by Crippen LogP contribution is -2.29. The van der Waals surface area contributed by atoms with Crippen molar-refractivity contribution in [3.63, 3.8) is 0 Å². The van der Waals surface area contributed by atoms with E-state index in [1.54, 1.807) is 10.7 Å². The standard InChI is InChI=1S/C24H23BrClN5O/c1-16(17(2)32-18-8-4-3-5-9-18)27-12-13-28-23-14-22(19-10-6-7-11-21(19)26)30-24-20(25)15-29-31(23)24/h3-11,14-15,17,27-28H,1,12-13H2,2H3. The Bertz CT molecular complexity index is 1230. The number of anilines is 1. The van der Waals surface area contributed by atoms with Gasteiger partial charge in [0.15, 0.2) is 5.65 Å². The average molecular weight is 513 g/mol. The second-order valence-corrected chi connectivity index (χ2v) is 8.45. The Kier molecular flexibility index (Phi) is 6.97. The van der Waals surface area contributed by atoms with Crippen LogP contribution in [0.4, 0.5) is 5.82 Å². The van der Waals surface area contributed by atoms with Gasteiger partial charge < -0.3 is 15.4 Å². The minimum Gasteiger partial charge on any atom is -0.485 e. The van der Waals surface area contributed by atoms with Crippen molar-refractivity contribution in [2.75, 3.05) is 18.4 Å². The summed E-state index contributed by atoms with van der Waals surface area (Å²) in [7, 11) is 0. The van der Waals surface area contributed by atoms with Gasteiger partial charge in [0.25, 0.3) is 0 Å². The van der Waals surface area contributed by atoms with E-state index in [-0.39, 0.29) is 6.10 Å². The van der Waals surface area contributed by atoms with Gasteiger partial charge in [-0.2, -0.15) is 9.61 Å². The van der Waals surface area contributed by atoms with Crippen molar-refractivity contribution >= 4 is 39.0 Å². The number of rotatable bonds is 9. The van der Waals surface area contributed by atoms with Gasteiger partial charge in [-0.15, -0.1) is 0 Å². The van der Waals surface area contributed by atoms with Crippen molar-refractivity contribution in [2.45, 2.75) is 13.0 Å². The molecule has 2 aromatic carbocycles. The normalized spacial score (nSPS) is 11.8. The largest absolute Gasteiger partial charge is 0.485 e. The van der Waals surface area contributed by atoms with Crippen molar-refractivity contribution in [1.29, 1.82) is 0 Å². The molecule has 0 saturated heterocycles. The van der Waals surface area contributed by atoms with Gasteiger partial charge in [0.1, 0.15) is 17.7 Å². The number of aromatic nitrogens is 3. The molecule has 2 aromatic heterocycles. The zero-order valence-corrected chi connectivity index (χ0v) is 19.9. The number of hydrogen-bond acceptors (Lipinski definition) is 5. The van der Waals surface area contributed by atoms with Crippen LogP contribution in [-0.2, 0) is 0 Å². The molecule has 4 rings (SSSR count). The van der Waals surface area contributed by atoms with E-state index in [9.17, 15) is 0 Å². The van der Waals surface area contributed by atoms with E-state index in [4.69, 9.17) is 21.3 Å². The number of halogens is 2. The maximum atomic E-state index is 6.40. The highest BCUT2D eigenvalue weighted by Crippen LogP contribution is 2.30. The molecule has 0 amide bonds. The van der Waals surface area contributed by atoms with Gasteiger partial charge in [-0.25, -0.2) is 4.98 Å². The first-order chi connectivity index (χ1) is 15.5. The molecule has 0 fully saturated rings. The lowest BCUT2D eigenvalue weighted by molar-refractivity contribution is 0.249. The fourth-order valence-corrected chi connectivity index (χ4v) is 3.78. The fraction of sp³-hybridized carbons (Fsp3) is 0.167. The summed E-state index contributed by atoms with van der Waals surface area (Å²) < 4.78 is 8.48. The van der Waals surface area contributed by atoms with Crippen LogP contribution in [0, 0.1) is 0 Å². The third-order valence-electron chi connectivity index (χ3n) is 4.91. The lowest BCUT2D eigenvalue weighted by Gasteiger charge is -2.19. The number of ether oxygens (including phenoxy) is 1. The quantitative estimate of drug-likeness (QED) is 0.278. The van der Waals surface area contributed by atoms with E-state index in [1.807, 2.05) is 67.6 Å². The summed E-state index contributed by atoms with van der Waals surface area (Å²) in [5, 5.41) is 11.8. The molecule has 6 nitrogen and oxygen atoms in total. The molecule has 0 radical (unpaired) electrons. The van der Waals surface area contributed by atoms with Crippen LogP contribution in [0.1, 0.15) is 6.92 Å². The van der Waals surface area contributed by atoms with Crippen molar-refractivity contribution in [3.05, 3.63) is 88.6 Å². The van der Waals surface area contributed by atoms with E-state index >= 15 is 0 Å². The Morgan fingerprint density at radius 3 is 2.69 bits per heavy atom. The van der Waals surface area contributed by atoms with E-state index in [2.05, 4.69) is 38.2 Å². The third-order valence-corrected chi connectivity index (χ3v) is 5.80. The molecule has 0 spiro atoms. The fourth-order valence-electron chi connectivity index (χ4n) is 3.20. The lowest BCUT2D eigenvalue weighted by atomic mass is 10.1. The van der Waals surface area contributed by atoms with Crippen molar-refractivity contribution in [1.82, 2.24) is 19.9 Å². The Morgan fingerprint density at radius 2 is 1.91 bits per heavy atom. The van der Waals surface area contributed by atoms with Crippen LogP contribution in [-0.4, -0.2) is 33.8 Å². The number of nitrogens with zero attached hydrogens (tertiary/aromatic N) is 3. The second-order valence-electron chi connectivity index (χ2n) is 7.19. The summed E-state index contributed by atoms with van der Waals surface area (Å²) in [6.07, 6.45) is 1.57. The molecule has 2 N–H and O–H groups in total. The monoisotopic (exact) mass is 511 g/mol. The molecule has 1 unspecified atom stereocenters. The molecular weight excluding hydrogens is 490 g/mol. The highest BCUT2D eigenvalue weighted by Gasteiger charge is 2.13. The van der Waals surface area contributed by atoms with Gasteiger partial charge in [0.05, 0.1) is 16.4 Å². The number of fused-ring (bicyclic) bond motifs is 1. The summed E-state index contributed by atoms with van der Waals surface area (Å²) in [5.41, 5.74) is 3.17. The molecular formula is C24H23BrClN5O. The molecule has 0 aliphatic rings.